The molecule has 21 nitrogen and oxygen atoms in total. The van der Waals surface area contributed by atoms with Crippen LogP contribution in [-0.2, 0) is 80.3 Å². The van der Waals surface area contributed by atoms with Crippen LogP contribution >= 0.6 is 31.8 Å². The summed E-state index contributed by atoms with van der Waals surface area (Å²) in [4.78, 5) is 75.9. The summed E-state index contributed by atoms with van der Waals surface area (Å²) in [5.74, 6) is 0.402. The van der Waals surface area contributed by atoms with Crippen LogP contribution in [0.5, 0.6) is 0 Å². The topological polar surface area (TPSA) is 288 Å². The maximum absolute atomic E-state index is 12.8. The summed E-state index contributed by atoms with van der Waals surface area (Å²) < 4.78 is 67.5. The summed E-state index contributed by atoms with van der Waals surface area (Å²) in [6, 6.07) is 0. The fourth-order valence-electron chi connectivity index (χ4n) is 10.2. The second-order valence-electron chi connectivity index (χ2n) is 25.2. The van der Waals surface area contributed by atoms with Crippen LogP contribution in [0.2, 0.25) is 0 Å². The largest absolute Gasteiger partial charge is 0.462 e. The van der Waals surface area contributed by atoms with Crippen LogP contribution in [0.15, 0.2) is 0 Å². The highest BCUT2D eigenvalue weighted by atomic mass is 32.2. The van der Waals surface area contributed by atoms with Gasteiger partial charge in [-0.25, -0.2) is 0 Å². The van der Waals surface area contributed by atoms with E-state index in [1.807, 2.05) is 0 Å². The van der Waals surface area contributed by atoms with E-state index in [4.69, 9.17) is 58.4 Å². The van der Waals surface area contributed by atoms with Crippen LogP contribution in [-0.4, -0.2) is 163 Å². The molecule has 0 aliphatic carbocycles. The van der Waals surface area contributed by atoms with Gasteiger partial charge in [0.05, 0.1) is 52.9 Å². The zero-order valence-corrected chi connectivity index (χ0v) is 63.4. The van der Waals surface area contributed by atoms with Crippen molar-refractivity contribution in [3.05, 3.63) is 0 Å². The first-order chi connectivity index (χ1) is 46.8. The van der Waals surface area contributed by atoms with Crippen molar-refractivity contribution in [2.75, 3.05) is 102 Å². The van der Waals surface area contributed by atoms with Gasteiger partial charge in [0.2, 0.25) is 11.8 Å². The van der Waals surface area contributed by atoms with Gasteiger partial charge in [-0.15, -0.1) is 0 Å². The summed E-state index contributed by atoms with van der Waals surface area (Å²) in [7, 11) is -3.07. The van der Waals surface area contributed by atoms with Gasteiger partial charge >= 0.3 is 32.1 Å². The molecule has 6 N–H and O–H groups in total. The van der Waals surface area contributed by atoms with Gasteiger partial charge in [0.25, 0.3) is 0 Å². The first-order valence-electron chi connectivity index (χ1n) is 37.9. The van der Waals surface area contributed by atoms with Crippen LogP contribution < -0.4 is 22.1 Å². The lowest BCUT2D eigenvalue weighted by molar-refractivity contribution is -0.157. The highest BCUT2D eigenvalue weighted by Crippen LogP contribution is 2.26. The third-order valence-corrected chi connectivity index (χ3v) is 19.1. The van der Waals surface area contributed by atoms with E-state index in [1.165, 1.54) is 178 Å². The van der Waals surface area contributed by atoms with E-state index in [2.05, 4.69) is 38.3 Å². The van der Waals surface area contributed by atoms with Gasteiger partial charge in [-0.2, -0.15) is 23.5 Å². The van der Waals surface area contributed by atoms with Crippen molar-refractivity contribution in [1.82, 2.24) is 10.6 Å². The minimum atomic E-state index is -3.07. The van der Waals surface area contributed by atoms with E-state index in [0.29, 0.717) is 61.8 Å². The lowest BCUT2D eigenvalue weighted by atomic mass is 10.1. The number of nitrogens with one attached hydrogen (secondary N) is 2. The quantitative estimate of drug-likeness (QED) is 0.0145. The molecule has 0 bridgehead atoms. The first-order valence-corrected chi connectivity index (χ1v) is 41.4. The number of unbranched alkanes of at least 4 members (excludes halogenated alkanes) is 32. The van der Waals surface area contributed by atoms with Gasteiger partial charge in [-0.3, -0.25) is 42.4 Å². The Morgan fingerprint density at radius 1 is 0.344 bits per heavy atom. The number of nitrogens with two attached hydrogens (primary N) is 2. The fraction of sp³-hybridized carbons (Fsp3) is 0.917. The van der Waals surface area contributed by atoms with E-state index < -0.39 is 32.9 Å². The highest BCUT2D eigenvalue weighted by molar-refractivity contribution is 7.99. The van der Waals surface area contributed by atoms with E-state index >= 15 is 0 Å². The normalized spacial score (nSPS) is 13.0. The minimum Gasteiger partial charge on any atom is -0.462 e. The fourth-order valence-corrected chi connectivity index (χ4v) is 12.7. The van der Waals surface area contributed by atoms with Crippen LogP contribution in [0.3, 0.4) is 0 Å². The van der Waals surface area contributed by atoms with E-state index in [1.54, 1.807) is 0 Å². The van der Waals surface area contributed by atoms with Crippen LogP contribution in [0.1, 0.15) is 297 Å². The van der Waals surface area contributed by atoms with Gasteiger partial charge in [-0.05, 0) is 25.7 Å². The molecule has 0 aliphatic heterocycles. The Labute approximate surface area is 591 Å². The third-order valence-electron chi connectivity index (χ3n) is 15.9. The number of hydrogen-bond donors (Lipinski definition) is 4. The summed E-state index contributed by atoms with van der Waals surface area (Å²) in [6.45, 7) is 10.6. The molecular weight excluding hydrogens is 1290 g/mol. The molecule has 2 unspecified atom stereocenters. The average molecular weight is 1430 g/mol. The molecule has 0 radical (unpaired) electrons. The average Bonchev–Trinajstić information content (AvgIpc) is 3.54. The number of thioether (sulfide) groups is 2. The van der Waals surface area contributed by atoms with Crippen molar-refractivity contribution in [1.29, 1.82) is 0 Å². The smallest absolute Gasteiger partial charge is 0.322 e. The lowest BCUT2D eigenvalue weighted by Gasteiger charge is -2.18. The first kappa shape index (κ1) is 93.4. The number of rotatable bonds is 76. The lowest BCUT2D eigenvalue weighted by Crippen LogP contribution is -2.31. The Bertz CT molecular complexity index is 1710. The van der Waals surface area contributed by atoms with Crippen LogP contribution in [0, 0.1) is 0 Å². The Balaban J connectivity index is 4.33. The number of ether oxygens (including phenoxy) is 8. The second-order valence-corrected chi connectivity index (χ2v) is 28.5. The SMILES string of the molecule is CCCCCCCCCCCC(=O)OC[C@H](CSCCC(=O)NCCOCCOCC(N)O[PH](=O)OC(N)COCCOCCNC(=O)CCSC[C@@H](COC(=O)CCCCCCCCCCC)OC(=O)CCCCCCCCCCC)OC(=O)CCCCCCCCCCC. The maximum atomic E-state index is 12.8. The Morgan fingerprint density at radius 2 is 0.615 bits per heavy atom. The van der Waals surface area contributed by atoms with Crippen molar-refractivity contribution >= 4 is 67.5 Å². The molecule has 24 heteroatoms. The molecule has 0 saturated heterocycles. The summed E-state index contributed by atoms with van der Waals surface area (Å²) in [5, 5.41) is 5.66. The summed E-state index contributed by atoms with van der Waals surface area (Å²) >= 11 is 2.95. The Hall–Kier alpha value is -2.57. The molecule has 96 heavy (non-hydrogen) atoms. The van der Waals surface area contributed by atoms with Crippen molar-refractivity contribution in [3.8, 4) is 0 Å². The van der Waals surface area contributed by atoms with Crippen molar-refractivity contribution in [2.24, 2.45) is 11.5 Å². The molecular formula is C72H139N4O17PS2. The van der Waals surface area contributed by atoms with Gasteiger partial charge in [-0.1, -0.05) is 233 Å². The molecule has 566 valence electrons. The molecule has 0 aromatic heterocycles. The number of amides is 2. The van der Waals surface area contributed by atoms with E-state index in [0.717, 1.165) is 77.0 Å². The molecule has 4 atom stereocenters. The predicted molar refractivity (Wildman–Crippen MR) is 389 cm³/mol. The number of carbonyl (C=O) groups excluding carboxylic acids is 6. The predicted octanol–water partition coefficient (Wildman–Crippen LogP) is 15.1. The van der Waals surface area contributed by atoms with Crippen molar-refractivity contribution in [2.45, 2.75) is 322 Å². The molecule has 0 heterocycles. The van der Waals surface area contributed by atoms with E-state index in [9.17, 15) is 33.3 Å². The monoisotopic (exact) mass is 1430 g/mol. The zero-order valence-electron chi connectivity index (χ0n) is 60.7. The van der Waals surface area contributed by atoms with Crippen LogP contribution in [0.25, 0.3) is 0 Å². The zero-order chi connectivity index (χ0) is 70.3. The third kappa shape index (κ3) is 69.9. The summed E-state index contributed by atoms with van der Waals surface area (Å²) in [5.41, 5.74) is 11.8. The van der Waals surface area contributed by atoms with Crippen molar-refractivity contribution < 1.29 is 80.3 Å². The number of esters is 4. The molecule has 0 aliphatic rings. The molecule has 0 aromatic carbocycles. The second kappa shape index (κ2) is 73.6. The standard InChI is InChI=1S/C72H139N4O17PS2/c1-5-9-13-17-21-25-29-33-37-41-69(79)88-57-63(90-71(81)43-39-35-31-27-23-19-15-11-7-3)61-95-55-45-67(77)75-47-49-84-51-53-86-59-65(73)92-94(83)93-66(74)60-87-54-52-85-50-48-76-68(78)46-56-96-62-64(91-72(82)44-40-36-32-28-24-20-16-12-8-4)58-89-70(80)42-38-34-30-26-22-18-14-10-6-2/h63-66,94H,5-62,73-74H2,1-4H3,(H,75,77)(H,76,78)/t63-,64-,65?,66?/m1/s1. The number of carbonyl (C=O) groups is 6. The molecule has 0 saturated carbocycles. The Kier molecular flexibility index (Phi) is 71.7. The minimum absolute atomic E-state index is 0.00349. The molecule has 0 aromatic rings. The van der Waals surface area contributed by atoms with Crippen molar-refractivity contribution in [3.63, 3.8) is 0 Å². The van der Waals surface area contributed by atoms with E-state index in [-0.39, 0.29) is 115 Å². The van der Waals surface area contributed by atoms with Gasteiger partial charge < -0.3 is 60.0 Å². The van der Waals surface area contributed by atoms with Crippen LogP contribution in [0.4, 0.5) is 0 Å². The summed E-state index contributed by atoms with van der Waals surface area (Å²) in [6.07, 6.45) is 40.2. The number of hydrogen-bond acceptors (Lipinski definition) is 21. The van der Waals surface area contributed by atoms with Gasteiger partial charge in [0, 0.05) is 74.6 Å². The van der Waals surface area contributed by atoms with Gasteiger partial charge in [0.1, 0.15) is 37.9 Å². The molecule has 0 fully saturated rings. The maximum Gasteiger partial charge on any atom is 0.322 e. The molecule has 0 rings (SSSR count). The molecule has 0 spiro atoms. The highest BCUT2D eigenvalue weighted by Gasteiger charge is 2.20. The molecule has 2 amide bonds. The van der Waals surface area contributed by atoms with Gasteiger partial charge in [0.15, 0.2) is 0 Å². The Morgan fingerprint density at radius 3 is 0.917 bits per heavy atom.